The number of nitrogens with zero attached hydrogens (tertiary/aromatic N) is 4. The molecule has 0 spiro atoms. The van der Waals surface area contributed by atoms with Crippen LogP contribution in [0.25, 0.3) is 0 Å². The van der Waals surface area contributed by atoms with Gasteiger partial charge in [0.2, 0.25) is 5.91 Å². The fourth-order valence-corrected chi connectivity index (χ4v) is 3.84. The minimum Gasteiger partial charge on any atom is -0.491 e. The van der Waals surface area contributed by atoms with Crippen LogP contribution in [0.3, 0.4) is 0 Å². The Balaban J connectivity index is 1.30. The maximum Gasteiger partial charge on any atom is 0.276 e. The monoisotopic (exact) mass is 417 g/mol. The second-order valence-electron chi connectivity index (χ2n) is 7.53. The van der Waals surface area contributed by atoms with Gasteiger partial charge in [-0.1, -0.05) is 0 Å². The number of morpholine rings is 1. The van der Waals surface area contributed by atoms with E-state index in [1.165, 1.54) is 12.1 Å². The van der Waals surface area contributed by atoms with E-state index in [2.05, 4.69) is 15.4 Å². The molecule has 1 unspecified atom stereocenters. The van der Waals surface area contributed by atoms with Crippen molar-refractivity contribution in [3.8, 4) is 5.75 Å². The van der Waals surface area contributed by atoms with E-state index >= 15 is 0 Å². The van der Waals surface area contributed by atoms with Gasteiger partial charge >= 0.3 is 0 Å². The van der Waals surface area contributed by atoms with Crippen molar-refractivity contribution in [2.24, 2.45) is 0 Å². The number of aromatic nitrogens is 3. The van der Waals surface area contributed by atoms with Crippen LogP contribution >= 0.6 is 0 Å². The number of rotatable bonds is 5. The number of amides is 2. The molecule has 0 saturated carbocycles. The third-order valence-electron chi connectivity index (χ3n) is 5.53. The van der Waals surface area contributed by atoms with E-state index < -0.39 is 0 Å². The number of hydrogen-bond donors (Lipinski definition) is 1. The average molecular weight is 417 g/mol. The molecule has 2 aromatic rings. The highest BCUT2D eigenvalue weighted by Crippen LogP contribution is 2.22. The van der Waals surface area contributed by atoms with E-state index in [0.29, 0.717) is 49.6 Å². The number of nitrogens with one attached hydrogen (secondary N) is 1. The summed E-state index contributed by atoms with van der Waals surface area (Å²) in [5.41, 5.74) is 0.920. The fraction of sp³-hybridized carbons (Fsp3) is 0.500. The van der Waals surface area contributed by atoms with Crippen molar-refractivity contribution in [1.29, 1.82) is 0 Å². The number of piperidine rings is 1. The van der Waals surface area contributed by atoms with Gasteiger partial charge in [-0.15, -0.1) is 0 Å². The quantitative estimate of drug-likeness (QED) is 0.784. The predicted octanol–water partition coefficient (Wildman–Crippen LogP) is 1.16. The van der Waals surface area contributed by atoms with Gasteiger partial charge in [0.15, 0.2) is 5.69 Å². The zero-order valence-electron chi connectivity index (χ0n) is 16.7. The molecule has 30 heavy (non-hydrogen) atoms. The summed E-state index contributed by atoms with van der Waals surface area (Å²) in [4.78, 5) is 28.6. The van der Waals surface area contributed by atoms with Crippen molar-refractivity contribution < 1.29 is 23.5 Å². The van der Waals surface area contributed by atoms with Gasteiger partial charge in [0.1, 0.15) is 30.9 Å². The van der Waals surface area contributed by atoms with Crippen molar-refractivity contribution in [2.45, 2.75) is 31.9 Å². The lowest BCUT2D eigenvalue weighted by molar-refractivity contribution is -0.155. The van der Waals surface area contributed by atoms with E-state index in [1.54, 1.807) is 24.0 Å². The first-order chi connectivity index (χ1) is 14.5. The minimum absolute atomic E-state index is 0.00865. The first-order valence-electron chi connectivity index (χ1n) is 9.97. The van der Waals surface area contributed by atoms with Crippen molar-refractivity contribution in [3.05, 3.63) is 41.5 Å². The van der Waals surface area contributed by atoms with Crippen molar-refractivity contribution in [3.63, 3.8) is 0 Å². The van der Waals surface area contributed by atoms with E-state index in [1.807, 2.05) is 4.90 Å². The summed E-state index contributed by atoms with van der Waals surface area (Å²) in [6.07, 6.45) is 1.13. The molecule has 1 aromatic carbocycles. The van der Waals surface area contributed by atoms with Crippen LogP contribution in [0.2, 0.25) is 0 Å². The van der Waals surface area contributed by atoms with Crippen molar-refractivity contribution >= 4 is 11.8 Å². The number of H-pyrrole nitrogens is 1. The summed E-state index contributed by atoms with van der Waals surface area (Å²) < 4.78 is 24.3. The Labute approximate surface area is 173 Å². The molecule has 3 heterocycles. The largest absolute Gasteiger partial charge is 0.491 e. The Morgan fingerprint density at radius 1 is 1.27 bits per heavy atom. The Bertz CT molecular complexity index is 895. The van der Waals surface area contributed by atoms with Crippen LogP contribution in [0.15, 0.2) is 24.3 Å². The lowest BCUT2D eigenvalue weighted by Gasteiger charge is -2.42. The molecular weight excluding hydrogens is 393 g/mol. The maximum absolute atomic E-state index is 13.0. The highest BCUT2D eigenvalue weighted by atomic mass is 19.1. The molecule has 160 valence electrons. The normalized spacial score (nSPS) is 20.5. The smallest absolute Gasteiger partial charge is 0.276 e. The number of likely N-dealkylation sites (tertiary alicyclic amines) is 1. The Morgan fingerprint density at radius 2 is 2.00 bits per heavy atom. The SMILES string of the molecule is Cc1n[nH]nc1C(=O)N1CCC(N2CC(COc3ccc(F)cc3)OCC2=O)CC1. The molecule has 10 heteroatoms. The summed E-state index contributed by atoms with van der Waals surface area (Å²) in [5.74, 6) is 0.0405. The second-order valence-corrected chi connectivity index (χ2v) is 7.53. The summed E-state index contributed by atoms with van der Waals surface area (Å²) in [6, 6.07) is 5.84. The Kier molecular flexibility index (Phi) is 5.93. The number of ether oxygens (including phenoxy) is 2. The van der Waals surface area contributed by atoms with Gasteiger partial charge in [-0.2, -0.15) is 15.4 Å². The number of benzene rings is 1. The van der Waals surface area contributed by atoms with E-state index in [9.17, 15) is 14.0 Å². The molecule has 1 atom stereocenters. The van der Waals surface area contributed by atoms with Crippen LogP contribution in [-0.2, 0) is 9.53 Å². The van der Waals surface area contributed by atoms with Crippen LogP contribution in [-0.4, -0.2) is 82.0 Å². The molecule has 0 aliphatic carbocycles. The predicted molar refractivity (Wildman–Crippen MR) is 103 cm³/mol. The summed E-state index contributed by atoms with van der Waals surface area (Å²) in [7, 11) is 0. The third kappa shape index (κ3) is 4.43. The van der Waals surface area contributed by atoms with E-state index in [-0.39, 0.29) is 43.0 Å². The van der Waals surface area contributed by atoms with Crippen LogP contribution in [0.1, 0.15) is 29.0 Å². The average Bonchev–Trinajstić information content (AvgIpc) is 3.20. The topological polar surface area (TPSA) is 101 Å². The number of halogens is 1. The molecule has 0 bridgehead atoms. The van der Waals surface area contributed by atoms with Gasteiger partial charge in [-0.25, -0.2) is 4.39 Å². The second kappa shape index (κ2) is 8.78. The van der Waals surface area contributed by atoms with Crippen LogP contribution in [0.5, 0.6) is 5.75 Å². The summed E-state index contributed by atoms with van der Waals surface area (Å²) in [5, 5.41) is 10.3. The molecule has 2 aliphatic rings. The van der Waals surface area contributed by atoms with E-state index in [4.69, 9.17) is 9.47 Å². The molecule has 2 fully saturated rings. The van der Waals surface area contributed by atoms with Gasteiger partial charge in [0.25, 0.3) is 5.91 Å². The first-order valence-corrected chi connectivity index (χ1v) is 9.97. The highest BCUT2D eigenvalue weighted by molar-refractivity contribution is 5.93. The fourth-order valence-electron chi connectivity index (χ4n) is 3.84. The zero-order chi connectivity index (χ0) is 21.1. The van der Waals surface area contributed by atoms with Crippen LogP contribution in [0, 0.1) is 12.7 Å². The number of carbonyl (C=O) groups excluding carboxylic acids is 2. The molecule has 2 aliphatic heterocycles. The number of aryl methyl sites for hydroxylation is 1. The molecule has 1 N–H and O–H groups in total. The molecule has 1 aromatic heterocycles. The number of aromatic amines is 1. The standard InChI is InChI=1S/C20H24FN5O4/c1-13-19(23-24-22-13)20(28)25-8-6-15(7-9-25)26-10-17(30-12-18(26)27)11-29-16-4-2-14(21)3-5-16/h2-5,15,17H,6-12H2,1H3,(H,22,23,24). The number of carbonyl (C=O) groups is 2. The van der Waals surface area contributed by atoms with E-state index in [0.717, 1.165) is 0 Å². The van der Waals surface area contributed by atoms with Crippen molar-refractivity contribution in [1.82, 2.24) is 25.2 Å². The molecule has 0 radical (unpaired) electrons. The highest BCUT2D eigenvalue weighted by Gasteiger charge is 2.35. The Hall–Kier alpha value is -3.01. The lowest BCUT2D eigenvalue weighted by atomic mass is 10.0. The molecule has 4 rings (SSSR count). The number of hydrogen-bond acceptors (Lipinski definition) is 6. The van der Waals surface area contributed by atoms with Gasteiger partial charge in [-0.3, -0.25) is 9.59 Å². The lowest BCUT2D eigenvalue weighted by Crippen LogP contribution is -2.55. The van der Waals surface area contributed by atoms with Gasteiger partial charge < -0.3 is 19.3 Å². The summed E-state index contributed by atoms with van der Waals surface area (Å²) in [6.45, 7) is 3.56. The molecule has 9 nitrogen and oxygen atoms in total. The molecular formula is C20H24FN5O4. The molecule has 2 amide bonds. The zero-order valence-corrected chi connectivity index (χ0v) is 16.7. The first kappa shape index (κ1) is 20.3. The molecule has 2 saturated heterocycles. The third-order valence-corrected chi connectivity index (χ3v) is 5.53. The van der Waals surface area contributed by atoms with Crippen molar-refractivity contribution in [2.75, 3.05) is 32.8 Å². The van der Waals surface area contributed by atoms with Crippen LogP contribution < -0.4 is 4.74 Å². The maximum atomic E-state index is 13.0. The van der Waals surface area contributed by atoms with Gasteiger partial charge in [0.05, 0.1) is 12.2 Å². The van der Waals surface area contributed by atoms with Crippen LogP contribution in [0.4, 0.5) is 4.39 Å². The summed E-state index contributed by atoms with van der Waals surface area (Å²) >= 11 is 0. The van der Waals surface area contributed by atoms with Gasteiger partial charge in [0, 0.05) is 19.1 Å². The van der Waals surface area contributed by atoms with Gasteiger partial charge in [-0.05, 0) is 44.0 Å². The minimum atomic E-state index is -0.323. The Morgan fingerprint density at radius 3 is 2.67 bits per heavy atom.